The number of hydrogen-bond donors (Lipinski definition) is 2. The van der Waals surface area contributed by atoms with Crippen molar-refractivity contribution in [3.8, 4) is 0 Å². The molecule has 3 atom stereocenters. The molecule has 0 spiro atoms. The number of nitrogens with one attached hydrogen (secondary N) is 2. The smallest absolute Gasteiger partial charge is 0.251 e. The first-order valence-corrected chi connectivity index (χ1v) is 12.3. The van der Waals surface area contributed by atoms with Crippen LogP contribution in [0.4, 0.5) is 0 Å². The molecule has 1 amide bonds. The number of carbonyl (C=O) groups is 1. The first kappa shape index (κ1) is 22.2. The van der Waals surface area contributed by atoms with Crippen LogP contribution < -0.4 is 5.32 Å². The Labute approximate surface area is 188 Å². The molecule has 3 unspecified atom stereocenters. The topological polar surface area (TPSA) is 95.2 Å². The van der Waals surface area contributed by atoms with Crippen molar-refractivity contribution in [2.45, 2.75) is 50.6 Å². The van der Waals surface area contributed by atoms with Crippen molar-refractivity contribution in [3.63, 3.8) is 0 Å². The van der Waals surface area contributed by atoms with Crippen molar-refractivity contribution in [2.75, 3.05) is 0 Å². The molecule has 1 fully saturated rings. The molecule has 7 nitrogen and oxygen atoms in total. The van der Waals surface area contributed by atoms with E-state index >= 15 is 0 Å². The number of nitrogens with zero attached hydrogens (tertiary/aromatic N) is 2. The number of amides is 1. The second-order valence-electron chi connectivity index (χ2n) is 8.28. The summed E-state index contributed by atoms with van der Waals surface area (Å²) in [5.41, 5.74) is 2.20. The Kier molecular flexibility index (Phi) is 6.43. The Morgan fingerprint density at radius 1 is 1.16 bits per heavy atom. The van der Waals surface area contributed by atoms with E-state index < -0.39 is 15.3 Å². The van der Waals surface area contributed by atoms with Crippen molar-refractivity contribution in [1.29, 1.82) is 0 Å². The predicted octanol–water partition coefficient (Wildman–Crippen LogP) is 3.96. The summed E-state index contributed by atoms with van der Waals surface area (Å²) in [7, 11) is -3.49. The van der Waals surface area contributed by atoms with Crippen molar-refractivity contribution >= 4 is 15.9 Å². The Morgan fingerprint density at radius 2 is 1.88 bits per heavy atom. The predicted molar refractivity (Wildman–Crippen MR) is 123 cm³/mol. The number of aromatic nitrogens is 2. The molecule has 4 rings (SSSR count). The van der Waals surface area contributed by atoms with Crippen molar-refractivity contribution in [3.05, 3.63) is 89.5 Å². The van der Waals surface area contributed by atoms with Crippen molar-refractivity contribution in [1.82, 2.24) is 19.6 Å². The molecule has 1 aliphatic heterocycles. The van der Waals surface area contributed by atoms with E-state index in [1.165, 1.54) is 0 Å². The molecule has 0 bridgehead atoms. The van der Waals surface area contributed by atoms with E-state index in [1.807, 2.05) is 56.3 Å². The van der Waals surface area contributed by atoms with Crippen LogP contribution >= 0.6 is 0 Å². The molecule has 2 N–H and O–H groups in total. The standard InChI is InChI=1S/C24H28N4O3S/c1-17-8-13-22(20-6-4-3-5-7-20)32(30,31)28(17)16-19-9-11-21(12-10-19)24(29)27-18(2)23-25-14-15-26-23/h3-7,9-12,14-15,17-18,22H,8,13,16H2,1-2H3,(H,25,26)(H,27,29). The van der Waals surface area contributed by atoms with Crippen LogP contribution in [0, 0.1) is 0 Å². The van der Waals surface area contributed by atoms with Gasteiger partial charge in [0, 0.05) is 30.5 Å². The molecular weight excluding hydrogens is 424 g/mol. The zero-order chi connectivity index (χ0) is 22.7. The molecule has 1 aliphatic rings. The number of carbonyl (C=O) groups excluding carboxylic acids is 1. The van der Waals surface area contributed by atoms with E-state index in [0.29, 0.717) is 17.8 Å². The van der Waals surface area contributed by atoms with E-state index in [9.17, 15) is 13.2 Å². The van der Waals surface area contributed by atoms with Crippen LogP contribution in [-0.2, 0) is 16.6 Å². The second kappa shape index (κ2) is 9.26. The molecule has 168 valence electrons. The van der Waals surface area contributed by atoms with E-state index in [1.54, 1.807) is 28.8 Å². The van der Waals surface area contributed by atoms with Crippen molar-refractivity contribution < 1.29 is 13.2 Å². The fourth-order valence-corrected chi connectivity index (χ4v) is 6.35. The van der Waals surface area contributed by atoms with E-state index in [-0.39, 0.29) is 24.5 Å². The minimum atomic E-state index is -3.49. The van der Waals surface area contributed by atoms with Gasteiger partial charge in [-0.05, 0) is 49.9 Å². The third-order valence-electron chi connectivity index (χ3n) is 6.03. The third-order valence-corrected chi connectivity index (χ3v) is 8.40. The van der Waals surface area contributed by atoms with Gasteiger partial charge in [0.25, 0.3) is 5.91 Å². The van der Waals surface area contributed by atoms with Gasteiger partial charge in [-0.1, -0.05) is 42.5 Å². The Hall–Kier alpha value is -2.97. The number of hydrogen-bond acceptors (Lipinski definition) is 4. The average Bonchev–Trinajstić information content (AvgIpc) is 3.33. The SMILES string of the molecule is CC(NC(=O)c1ccc(CN2C(C)CCC(c3ccccc3)S2(=O)=O)cc1)c1ncc[nH]1. The first-order chi connectivity index (χ1) is 15.4. The van der Waals surface area contributed by atoms with Gasteiger partial charge in [0.15, 0.2) is 0 Å². The summed E-state index contributed by atoms with van der Waals surface area (Å²) in [5, 5.41) is 2.38. The Morgan fingerprint density at radius 3 is 2.53 bits per heavy atom. The van der Waals surface area contributed by atoms with Gasteiger partial charge in [-0.15, -0.1) is 0 Å². The highest BCUT2D eigenvalue weighted by Gasteiger charge is 2.40. The van der Waals surface area contributed by atoms with E-state index in [0.717, 1.165) is 17.5 Å². The zero-order valence-corrected chi connectivity index (χ0v) is 19.0. The maximum absolute atomic E-state index is 13.4. The van der Waals surface area contributed by atoms with Gasteiger partial charge in [-0.25, -0.2) is 13.4 Å². The number of aromatic amines is 1. The minimum Gasteiger partial charge on any atom is -0.347 e. The molecule has 2 aromatic carbocycles. The van der Waals surface area contributed by atoms with Gasteiger partial charge in [0.1, 0.15) is 11.1 Å². The lowest BCUT2D eigenvalue weighted by molar-refractivity contribution is 0.0938. The molecule has 2 heterocycles. The summed E-state index contributed by atoms with van der Waals surface area (Å²) in [4.78, 5) is 19.7. The van der Waals surface area contributed by atoms with Gasteiger partial charge < -0.3 is 10.3 Å². The van der Waals surface area contributed by atoms with Gasteiger partial charge in [-0.2, -0.15) is 4.31 Å². The van der Waals surface area contributed by atoms with Gasteiger partial charge in [0.05, 0.1) is 6.04 Å². The summed E-state index contributed by atoms with van der Waals surface area (Å²) in [6.07, 6.45) is 4.79. The monoisotopic (exact) mass is 452 g/mol. The highest BCUT2D eigenvalue weighted by Crippen LogP contribution is 2.38. The summed E-state index contributed by atoms with van der Waals surface area (Å²) in [6, 6.07) is 16.2. The van der Waals surface area contributed by atoms with Gasteiger partial charge in [-0.3, -0.25) is 4.79 Å². The summed E-state index contributed by atoms with van der Waals surface area (Å²) in [6.45, 7) is 4.10. The summed E-state index contributed by atoms with van der Waals surface area (Å²) >= 11 is 0. The minimum absolute atomic E-state index is 0.0721. The van der Waals surface area contributed by atoms with Crippen LogP contribution in [0.5, 0.6) is 0 Å². The van der Waals surface area contributed by atoms with Crippen molar-refractivity contribution in [2.24, 2.45) is 0 Å². The Balaban J connectivity index is 1.46. The molecule has 0 saturated carbocycles. The molecular formula is C24H28N4O3S. The van der Waals surface area contributed by atoms with Crippen LogP contribution in [0.1, 0.15) is 65.3 Å². The molecule has 1 saturated heterocycles. The van der Waals surface area contributed by atoms with E-state index in [2.05, 4.69) is 15.3 Å². The number of imidazole rings is 1. The number of benzene rings is 2. The lowest BCUT2D eigenvalue weighted by atomic mass is 10.0. The average molecular weight is 453 g/mol. The van der Waals surface area contributed by atoms with Gasteiger partial charge in [0.2, 0.25) is 10.0 Å². The molecule has 32 heavy (non-hydrogen) atoms. The van der Waals surface area contributed by atoms with Crippen LogP contribution in [0.25, 0.3) is 0 Å². The second-order valence-corrected chi connectivity index (χ2v) is 10.4. The number of rotatable bonds is 6. The van der Waals surface area contributed by atoms with Crippen LogP contribution in [0.3, 0.4) is 0 Å². The van der Waals surface area contributed by atoms with E-state index in [4.69, 9.17) is 0 Å². The lowest BCUT2D eigenvalue weighted by Crippen LogP contribution is -2.44. The molecule has 8 heteroatoms. The first-order valence-electron chi connectivity index (χ1n) is 10.8. The highest BCUT2D eigenvalue weighted by molar-refractivity contribution is 7.89. The lowest BCUT2D eigenvalue weighted by Gasteiger charge is -2.37. The highest BCUT2D eigenvalue weighted by atomic mass is 32.2. The number of H-pyrrole nitrogens is 1. The van der Waals surface area contributed by atoms with Gasteiger partial charge >= 0.3 is 0 Å². The fourth-order valence-electron chi connectivity index (χ4n) is 4.16. The van der Waals surface area contributed by atoms with Crippen LogP contribution in [-0.4, -0.2) is 34.6 Å². The number of sulfonamides is 1. The normalized spacial score (nSPS) is 21.7. The quantitative estimate of drug-likeness (QED) is 0.592. The third kappa shape index (κ3) is 4.61. The largest absolute Gasteiger partial charge is 0.347 e. The Bertz CT molecular complexity index is 1150. The molecule has 0 aliphatic carbocycles. The maximum atomic E-state index is 13.4. The molecule has 0 radical (unpaired) electrons. The summed E-state index contributed by atoms with van der Waals surface area (Å²) < 4.78 is 28.4. The van der Waals surface area contributed by atoms with Crippen LogP contribution in [0.2, 0.25) is 0 Å². The molecule has 3 aromatic rings. The maximum Gasteiger partial charge on any atom is 0.251 e. The summed E-state index contributed by atoms with van der Waals surface area (Å²) in [5.74, 6) is 0.482. The fraction of sp³-hybridized carbons (Fsp3) is 0.333. The van der Waals surface area contributed by atoms with Crippen LogP contribution in [0.15, 0.2) is 67.0 Å². The zero-order valence-electron chi connectivity index (χ0n) is 18.2. The molecule has 1 aromatic heterocycles.